The van der Waals surface area contributed by atoms with Crippen LogP contribution in [-0.4, -0.2) is 77.4 Å². The van der Waals surface area contributed by atoms with Gasteiger partial charge in [0.25, 0.3) is 0 Å². The lowest BCUT2D eigenvalue weighted by atomic mass is 9.98. The van der Waals surface area contributed by atoms with E-state index in [2.05, 4.69) is 30.8 Å². The summed E-state index contributed by atoms with van der Waals surface area (Å²) in [7, 11) is -8.50. The van der Waals surface area contributed by atoms with Gasteiger partial charge in [0.15, 0.2) is 15.7 Å². The molecule has 0 aliphatic carbocycles. The predicted octanol–water partition coefficient (Wildman–Crippen LogP) is 0.535. The molecule has 12 nitrogen and oxygen atoms in total. The van der Waals surface area contributed by atoms with Gasteiger partial charge in [0, 0.05) is 24.0 Å². The van der Waals surface area contributed by atoms with Crippen molar-refractivity contribution in [1.82, 2.24) is 35.7 Å². The van der Waals surface area contributed by atoms with Crippen LogP contribution in [0.25, 0.3) is 33.4 Å². The number of rotatable bonds is 6. The molecule has 1 fully saturated rings. The third-order valence-electron chi connectivity index (χ3n) is 5.86. The third kappa shape index (κ3) is 3.60. The van der Waals surface area contributed by atoms with Crippen LogP contribution >= 0.6 is 0 Å². The summed E-state index contributed by atoms with van der Waals surface area (Å²) in [5.41, 5.74) is 1.72. The number of hydrogen-bond acceptors (Lipinski definition) is 9. The lowest BCUT2D eigenvalue weighted by molar-refractivity contribution is 0.195. The van der Waals surface area contributed by atoms with Gasteiger partial charge >= 0.3 is 0 Å². The van der Waals surface area contributed by atoms with Crippen LogP contribution in [0.4, 0.5) is 0 Å². The van der Waals surface area contributed by atoms with Crippen LogP contribution in [0, 0.1) is 0 Å². The minimum Gasteiger partial charge on any atom is -0.301 e. The van der Waals surface area contributed by atoms with Gasteiger partial charge < -0.3 is 4.90 Å². The molecule has 5 rings (SSSR count). The van der Waals surface area contributed by atoms with Crippen LogP contribution in [-0.2, 0) is 19.9 Å². The van der Waals surface area contributed by atoms with E-state index < -0.39 is 30.0 Å². The molecule has 0 atom stereocenters. The molecule has 4 aromatic rings. The van der Waals surface area contributed by atoms with Crippen molar-refractivity contribution in [3.05, 3.63) is 36.5 Å². The maximum atomic E-state index is 13.4. The first kappa shape index (κ1) is 21.6. The highest BCUT2D eigenvalue weighted by molar-refractivity contribution is 7.94. The number of primary sulfonamides is 1. The molecule has 1 aliphatic heterocycles. The van der Waals surface area contributed by atoms with E-state index in [1.165, 1.54) is 6.07 Å². The molecular formula is C19H20N8O4S2. The summed E-state index contributed by atoms with van der Waals surface area (Å²) in [6.07, 6.45) is 1.66. The number of sulfonamides is 1. The number of nitrogens with zero attached hydrogens (tertiary/aromatic N) is 5. The fraction of sp³-hybridized carbons (Fsp3) is 0.263. The van der Waals surface area contributed by atoms with Crippen LogP contribution in [0.2, 0.25) is 0 Å². The minimum atomic E-state index is -4.50. The summed E-state index contributed by atoms with van der Waals surface area (Å²) >= 11 is 0. The molecule has 2 aromatic carbocycles. The number of sulfone groups is 1. The Morgan fingerprint density at radius 2 is 1.91 bits per heavy atom. The molecule has 3 heterocycles. The summed E-state index contributed by atoms with van der Waals surface area (Å²) in [5.74, 6) is -0.0143. The Morgan fingerprint density at radius 1 is 1.12 bits per heavy atom. The van der Waals surface area contributed by atoms with E-state index in [9.17, 15) is 16.8 Å². The zero-order chi connectivity index (χ0) is 23.4. The third-order valence-corrected chi connectivity index (χ3v) is 9.11. The Morgan fingerprint density at radius 3 is 2.58 bits per heavy atom. The molecule has 172 valence electrons. The van der Waals surface area contributed by atoms with Crippen molar-refractivity contribution in [2.75, 3.05) is 19.6 Å². The van der Waals surface area contributed by atoms with Gasteiger partial charge in [-0.1, -0.05) is 25.1 Å². The molecule has 0 spiro atoms. The first-order chi connectivity index (χ1) is 15.7. The van der Waals surface area contributed by atoms with E-state index in [0.29, 0.717) is 30.8 Å². The van der Waals surface area contributed by atoms with Gasteiger partial charge in [-0.2, -0.15) is 5.10 Å². The Labute approximate surface area is 189 Å². The maximum absolute atomic E-state index is 13.4. The number of tetrazole rings is 1. The van der Waals surface area contributed by atoms with Crippen molar-refractivity contribution in [1.29, 1.82) is 0 Å². The topological polar surface area (TPSA) is 181 Å². The van der Waals surface area contributed by atoms with Gasteiger partial charge in [0.2, 0.25) is 10.0 Å². The van der Waals surface area contributed by atoms with Crippen LogP contribution in [0.15, 0.2) is 46.3 Å². The molecule has 1 aliphatic rings. The number of aromatic amines is 2. The van der Waals surface area contributed by atoms with E-state index >= 15 is 0 Å². The molecular weight excluding hydrogens is 468 g/mol. The normalized spacial score (nSPS) is 15.7. The van der Waals surface area contributed by atoms with Gasteiger partial charge in [-0.25, -0.2) is 27.1 Å². The van der Waals surface area contributed by atoms with E-state index in [1.807, 2.05) is 17.9 Å². The number of nitrogens with two attached hydrogens (primary N) is 1. The number of H-pyrrole nitrogens is 2. The average molecular weight is 489 g/mol. The van der Waals surface area contributed by atoms with Crippen molar-refractivity contribution in [3.8, 4) is 22.5 Å². The second-order valence-corrected chi connectivity index (χ2v) is 11.5. The number of nitrogens with one attached hydrogen (secondary N) is 2. The highest BCUT2D eigenvalue weighted by Crippen LogP contribution is 2.40. The van der Waals surface area contributed by atoms with Crippen molar-refractivity contribution in [3.63, 3.8) is 0 Å². The number of likely N-dealkylation sites (tertiary alicyclic amines) is 1. The Bertz CT molecular complexity index is 1560. The van der Waals surface area contributed by atoms with Gasteiger partial charge in [0.1, 0.15) is 4.90 Å². The minimum absolute atomic E-state index is 0.00545. The summed E-state index contributed by atoms with van der Waals surface area (Å²) in [5, 5.41) is 26.1. The van der Waals surface area contributed by atoms with Crippen molar-refractivity contribution in [2.45, 2.75) is 22.0 Å². The van der Waals surface area contributed by atoms with E-state index in [0.717, 1.165) is 10.9 Å². The number of fused-ring (bicyclic) bond motifs is 1. The van der Waals surface area contributed by atoms with Crippen molar-refractivity contribution in [2.24, 2.45) is 5.14 Å². The van der Waals surface area contributed by atoms with Crippen molar-refractivity contribution < 1.29 is 16.8 Å². The molecule has 1 saturated heterocycles. The Hall–Kier alpha value is -3.20. The van der Waals surface area contributed by atoms with Gasteiger partial charge in [-0.15, -0.1) is 5.10 Å². The molecule has 4 N–H and O–H groups in total. The fourth-order valence-electron chi connectivity index (χ4n) is 4.07. The van der Waals surface area contributed by atoms with Crippen molar-refractivity contribution >= 4 is 30.8 Å². The van der Waals surface area contributed by atoms with E-state index in [1.54, 1.807) is 24.4 Å². The van der Waals surface area contributed by atoms with Gasteiger partial charge in [0.05, 0.1) is 21.9 Å². The first-order valence-corrected chi connectivity index (χ1v) is 13.1. The van der Waals surface area contributed by atoms with Crippen LogP contribution in [0.5, 0.6) is 0 Å². The van der Waals surface area contributed by atoms with Gasteiger partial charge in [-0.05, 0) is 40.2 Å². The maximum Gasteiger partial charge on any atom is 0.240 e. The second-order valence-electron chi connectivity index (χ2n) is 7.80. The summed E-state index contributed by atoms with van der Waals surface area (Å²) in [6.45, 7) is 3.28. The SMILES string of the molecule is CCN1CC(S(=O)(=O)c2ccc(-c3ccc4cn[nH]c4c3)c(-c3nnn[nH]3)c2S(N)(=O)=O)C1. The lowest BCUT2D eigenvalue weighted by Gasteiger charge is -2.38. The van der Waals surface area contributed by atoms with E-state index in [-0.39, 0.29) is 16.3 Å². The smallest absolute Gasteiger partial charge is 0.240 e. The number of benzene rings is 2. The second kappa shape index (κ2) is 7.69. The Kier molecular flexibility index (Phi) is 5.04. The lowest BCUT2D eigenvalue weighted by Crippen LogP contribution is -2.54. The van der Waals surface area contributed by atoms with Crippen LogP contribution in [0.3, 0.4) is 0 Å². The summed E-state index contributed by atoms with van der Waals surface area (Å²) < 4.78 is 52.5. The zero-order valence-electron chi connectivity index (χ0n) is 17.4. The Balaban J connectivity index is 1.79. The predicted molar refractivity (Wildman–Crippen MR) is 119 cm³/mol. The quantitative estimate of drug-likeness (QED) is 0.349. The summed E-state index contributed by atoms with van der Waals surface area (Å²) in [4.78, 5) is 1.07. The molecule has 14 heteroatoms. The molecule has 0 saturated carbocycles. The number of aromatic nitrogens is 6. The molecule has 33 heavy (non-hydrogen) atoms. The fourth-order valence-corrected chi connectivity index (χ4v) is 7.40. The zero-order valence-corrected chi connectivity index (χ0v) is 19.1. The number of hydrogen-bond donors (Lipinski definition) is 3. The molecule has 0 amide bonds. The first-order valence-electron chi connectivity index (χ1n) is 10.0. The summed E-state index contributed by atoms with van der Waals surface area (Å²) in [6, 6.07) is 8.20. The molecule has 2 aromatic heterocycles. The largest absolute Gasteiger partial charge is 0.301 e. The average Bonchev–Trinajstić information content (AvgIpc) is 3.42. The van der Waals surface area contributed by atoms with Crippen LogP contribution < -0.4 is 5.14 Å². The van der Waals surface area contributed by atoms with Crippen LogP contribution in [0.1, 0.15) is 6.92 Å². The highest BCUT2D eigenvalue weighted by Gasteiger charge is 2.41. The monoisotopic (exact) mass is 488 g/mol. The highest BCUT2D eigenvalue weighted by atomic mass is 32.2. The molecule has 0 radical (unpaired) electrons. The molecule has 0 unspecified atom stereocenters. The van der Waals surface area contributed by atoms with E-state index in [4.69, 9.17) is 5.14 Å². The molecule has 0 bridgehead atoms. The standard InChI is InChI=1S/C19H20N8O4S2/c1-2-27-9-13(10-27)32(28,29)16-6-5-14(11-3-4-12-8-21-22-15(12)7-11)17(18(16)33(20,30)31)19-23-25-26-24-19/h3-8,13H,2,9-10H2,1H3,(H,21,22)(H2,20,30,31)(H,23,24,25,26). The van der Waals surface area contributed by atoms with Gasteiger partial charge in [-0.3, -0.25) is 5.10 Å².